The highest BCUT2D eigenvalue weighted by Crippen LogP contribution is 2.18. The normalized spacial score (nSPS) is 33.9. The summed E-state index contributed by atoms with van der Waals surface area (Å²) in [5, 5.41) is 42.6. The van der Waals surface area contributed by atoms with Crippen molar-refractivity contribution in [3.63, 3.8) is 0 Å². The second kappa shape index (κ2) is 7.93. The fourth-order valence-corrected chi connectivity index (χ4v) is 1.71. The summed E-state index contributed by atoms with van der Waals surface area (Å²) in [6.45, 7) is 2.60. The van der Waals surface area contributed by atoms with Crippen molar-refractivity contribution in [3.8, 4) is 0 Å². The van der Waals surface area contributed by atoms with E-state index in [4.69, 9.17) is 9.84 Å². The van der Waals surface area contributed by atoms with Gasteiger partial charge in [-0.25, -0.2) is 0 Å². The fraction of sp³-hybridized carbons (Fsp3) is 1.00. The van der Waals surface area contributed by atoms with Crippen molar-refractivity contribution >= 4 is 0 Å². The Morgan fingerprint density at radius 1 is 1.06 bits per heavy atom. The molecule has 1 saturated heterocycles. The Morgan fingerprint density at radius 3 is 2.41 bits per heavy atom. The first-order chi connectivity index (χ1) is 8.15. The SMILES string of the molecule is OCCNCCNCC1CC(O)C(O)C(O)O1. The lowest BCUT2D eigenvalue weighted by Gasteiger charge is -2.34. The molecule has 0 saturated carbocycles. The number of nitrogens with one attached hydrogen (secondary N) is 2. The van der Waals surface area contributed by atoms with Crippen LogP contribution in [-0.4, -0.2) is 77.8 Å². The number of rotatable bonds is 7. The molecule has 0 aliphatic carbocycles. The molecular weight excluding hydrogens is 228 g/mol. The van der Waals surface area contributed by atoms with E-state index < -0.39 is 18.5 Å². The minimum absolute atomic E-state index is 0.113. The molecule has 0 spiro atoms. The monoisotopic (exact) mass is 250 g/mol. The Morgan fingerprint density at radius 2 is 1.76 bits per heavy atom. The number of aliphatic hydroxyl groups is 4. The van der Waals surface area contributed by atoms with Crippen LogP contribution in [0.3, 0.4) is 0 Å². The molecular formula is C10H22N2O5. The van der Waals surface area contributed by atoms with E-state index in [1.54, 1.807) is 0 Å². The summed E-state index contributed by atoms with van der Waals surface area (Å²) in [6.07, 6.45) is -3.50. The maximum Gasteiger partial charge on any atom is 0.183 e. The third kappa shape index (κ3) is 5.26. The summed E-state index contributed by atoms with van der Waals surface area (Å²) >= 11 is 0. The van der Waals surface area contributed by atoms with Crippen LogP contribution in [0.4, 0.5) is 0 Å². The molecule has 7 nitrogen and oxygen atoms in total. The molecule has 0 bridgehead atoms. The van der Waals surface area contributed by atoms with Gasteiger partial charge in [0.15, 0.2) is 6.29 Å². The predicted octanol–water partition coefficient (Wildman–Crippen LogP) is -3.01. The molecule has 6 N–H and O–H groups in total. The average molecular weight is 250 g/mol. The molecule has 1 heterocycles. The Labute approximate surface area is 100 Å². The van der Waals surface area contributed by atoms with Crippen molar-refractivity contribution < 1.29 is 25.2 Å². The predicted molar refractivity (Wildman–Crippen MR) is 60.3 cm³/mol. The van der Waals surface area contributed by atoms with E-state index in [0.29, 0.717) is 26.1 Å². The molecule has 0 aromatic heterocycles. The van der Waals surface area contributed by atoms with Gasteiger partial charge in [-0.15, -0.1) is 0 Å². The van der Waals surface area contributed by atoms with Crippen LogP contribution in [0, 0.1) is 0 Å². The highest BCUT2D eigenvalue weighted by Gasteiger charge is 2.35. The van der Waals surface area contributed by atoms with Crippen molar-refractivity contribution in [2.45, 2.75) is 31.0 Å². The van der Waals surface area contributed by atoms with E-state index in [2.05, 4.69) is 10.6 Å². The second-order valence-electron chi connectivity index (χ2n) is 4.12. The zero-order valence-corrected chi connectivity index (χ0v) is 9.75. The van der Waals surface area contributed by atoms with Crippen molar-refractivity contribution in [3.05, 3.63) is 0 Å². The van der Waals surface area contributed by atoms with Gasteiger partial charge in [-0.05, 0) is 0 Å². The lowest BCUT2D eigenvalue weighted by molar-refractivity contribution is -0.245. The largest absolute Gasteiger partial charge is 0.395 e. The van der Waals surface area contributed by atoms with Gasteiger partial charge in [0.05, 0.1) is 18.8 Å². The smallest absolute Gasteiger partial charge is 0.183 e. The molecule has 102 valence electrons. The van der Waals surface area contributed by atoms with Gasteiger partial charge in [0, 0.05) is 32.6 Å². The summed E-state index contributed by atoms with van der Waals surface area (Å²) < 4.78 is 5.12. The summed E-state index contributed by atoms with van der Waals surface area (Å²) in [6, 6.07) is 0. The van der Waals surface area contributed by atoms with Crippen LogP contribution in [-0.2, 0) is 4.74 Å². The van der Waals surface area contributed by atoms with Crippen LogP contribution in [0.1, 0.15) is 6.42 Å². The van der Waals surface area contributed by atoms with Crippen LogP contribution in [0.25, 0.3) is 0 Å². The molecule has 0 aromatic rings. The first kappa shape index (κ1) is 14.8. The van der Waals surface area contributed by atoms with Gasteiger partial charge < -0.3 is 35.8 Å². The maximum atomic E-state index is 9.43. The number of ether oxygens (including phenoxy) is 1. The molecule has 0 amide bonds. The lowest BCUT2D eigenvalue weighted by Crippen LogP contribution is -2.50. The maximum absolute atomic E-state index is 9.43. The number of aliphatic hydroxyl groups excluding tert-OH is 4. The molecule has 1 rings (SSSR count). The van der Waals surface area contributed by atoms with E-state index in [0.717, 1.165) is 6.54 Å². The highest BCUT2D eigenvalue weighted by atomic mass is 16.6. The first-order valence-electron chi connectivity index (χ1n) is 5.87. The quantitative estimate of drug-likeness (QED) is 0.267. The Hall–Kier alpha value is -0.280. The van der Waals surface area contributed by atoms with Crippen LogP contribution < -0.4 is 10.6 Å². The number of hydrogen-bond acceptors (Lipinski definition) is 7. The van der Waals surface area contributed by atoms with Gasteiger partial charge in [-0.3, -0.25) is 0 Å². The first-order valence-corrected chi connectivity index (χ1v) is 5.87. The Bertz CT molecular complexity index is 195. The van der Waals surface area contributed by atoms with E-state index in [9.17, 15) is 15.3 Å². The fourth-order valence-electron chi connectivity index (χ4n) is 1.71. The Balaban J connectivity index is 2.07. The zero-order valence-electron chi connectivity index (χ0n) is 9.75. The second-order valence-corrected chi connectivity index (χ2v) is 4.12. The van der Waals surface area contributed by atoms with Crippen LogP contribution in [0.15, 0.2) is 0 Å². The van der Waals surface area contributed by atoms with Crippen molar-refractivity contribution in [1.29, 1.82) is 0 Å². The molecule has 4 atom stereocenters. The van der Waals surface area contributed by atoms with Crippen LogP contribution >= 0.6 is 0 Å². The van der Waals surface area contributed by atoms with E-state index in [1.807, 2.05) is 0 Å². The average Bonchev–Trinajstić information content (AvgIpc) is 2.30. The topological polar surface area (TPSA) is 114 Å². The summed E-state index contributed by atoms with van der Waals surface area (Å²) in [7, 11) is 0. The summed E-state index contributed by atoms with van der Waals surface area (Å²) in [5.74, 6) is 0. The van der Waals surface area contributed by atoms with Gasteiger partial charge in [0.25, 0.3) is 0 Å². The third-order valence-corrected chi connectivity index (χ3v) is 2.66. The van der Waals surface area contributed by atoms with Gasteiger partial charge in [0.2, 0.25) is 0 Å². The Kier molecular flexibility index (Phi) is 6.90. The van der Waals surface area contributed by atoms with Gasteiger partial charge >= 0.3 is 0 Å². The molecule has 0 aromatic carbocycles. The summed E-state index contributed by atoms with van der Waals surface area (Å²) in [5.41, 5.74) is 0. The summed E-state index contributed by atoms with van der Waals surface area (Å²) in [4.78, 5) is 0. The zero-order chi connectivity index (χ0) is 12.7. The van der Waals surface area contributed by atoms with Crippen molar-refractivity contribution in [2.24, 2.45) is 0 Å². The molecule has 7 heteroatoms. The van der Waals surface area contributed by atoms with Crippen molar-refractivity contribution in [1.82, 2.24) is 10.6 Å². The standard InChI is InChI=1S/C10H22N2O5/c13-4-3-11-1-2-12-6-7-5-8(14)9(15)10(16)17-7/h7-16H,1-6H2. The van der Waals surface area contributed by atoms with Gasteiger partial charge in [0.1, 0.15) is 6.10 Å². The molecule has 1 aliphatic heterocycles. The molecule has 1 aliphatic rings. The minimum atomic E-state index is -1.32. The molecule has 0 radical (unpaired) electrons. The van der Waals surface area contributed by atoms with Gasteiger partial charge in [-0.2, -0.15) is 0 Å². The molecule has 4 unspecified atom stereocenters. The highest BCUT2D eigenvalue weighted by molar-refractivity contribution is 4.81. The molecule has 1 fully saturated rings. The van der Waals surface area contributed by atoms with E-state index >= 15 is 0 Å². The van der Waals surface area contributed by atoms with Crippen LogP contribution in [0.5, 0.6) is 0 Å². The van der Waals surface area contributed by atoms with Crippen molar-refractivity contribution in [2.75, 3.05) is 32.8 Å². The number of hydrogen-bond donors (Lipinski definition) is 6. The van der Waals surface area contributed by atoms with Crippen LogP contribution in [0.2, 0.25) is 0 Å². The lowest BCUT2D eigenvalue weighted by atomic mass is 10.0. The van der Waals surface area contributed by atoms with E-state index in [-0.39, 0.29) is 12.7 Å². The third-order valence-electron chi connectivity index (χ3n) is 2.66. The minimum Gasteiger partial charge on any atom is -0.395 e. The van der Waals surface area contributed by atoms with Gasteiger partial charge in [-0.1, -0.05) is 0 Å². The molecule has 17 heavy (non-hydrogen) atoms. The van der Waals surface area contributed by atoms with E-state index in [1.165, 1.54) is 0 Å².